The van der Waals surface area contributed by atoms with Gasteiger partial charge in [-0.25, -0.2) is 0 Å². The lowest BCUT2D eigenvalue weighted by Gasteiger charge is -2.33. The number of aliphatic imine (C=N–C) groups is 1. The van der Waals surface area contributed by atoms with Crippen LogP contribution >= 0.6 is 24.0 Å². The molecule has 0 aromatic carbocycles. The minimum atomic E-state index is -0.0600. The van der Waals surface area contributed by atoms with E-state index in [9.17, 15) is 4.79 Å². The van der Waals surface area contributed by atoms with Gasteiger partial charge in [-0.3, -0.25) is 9.79 Å². The Kier molecular flexibility index (Phi) is 11.7. The molecule has 1 aliphatic heterocycles. The van der Waals surface area contributed by atoms with Crippen LogP contribution in [0.4, 0.5) is 0 Å². The highest BCUT2D eigenvalue weighted by atomic mass is 127. The predicted molar refractivity (Wildman–Crippen MR) is 94.2 cm³/mol. The summed E-state index contributed by atoms with van der Waals surface area (Å²) in [6.45, 7) is 5.58. The zero-order valence-electron chi connectivity index (χ0n) is 13.3. The van der Waals surface area contributed by atoms with Crippen molar-refractivity contribution in [3.05, 3.63) is 0 Å². The van der Waals surface area contributed by atoms with Crippen LogP contribution in [0.3, 0.4) is 0 Å². The van der Waals surface area contributed by atoms with Crippen molar-refractivity contribution in [2.75, 3.05) is 47.0 Å². The molecule has 1 aliphatic rings. The van der Waals surface area contributed by atoms with Crippen LogP contribution in [-0.2, 0) is 14.3 Å². The number of likely N-dealkylation sites (tertiary alicyclic amines) is 1. The molecule has 1 saturated heterocycles. The number of nitrogens with one attached hydrogen (secondary N) is 1. The lowest BCUT2D eigenvalue weighted by molar-refractivity contribution is -0.149. The molecule has 21 heavy (non-hydrogen) atoms. The molecule has 1 heterocycles. The van der Waals surface area contributed by atoms with E-state index in [0.29, 0.717) is 6.61 Å². The first-order chi connectivity index (χ1) is 9.72. The average Bonchev–Trinajstić information content (AvgIpc) is 2.48. The summed E-state index contributed by atoms with van der Waals surface area (Å²) in [5.74, 6) is 0.886. The van der Waals surface area contributed by atoms with Crippen LogP contribution in [0.25, 0.3) is 0 Å². The molecule has 0 aromatic rings. The fourth-order valence-electron chi connectivity index (χ4n) is 2.34. The van der Waals surface area contributed by atoms with E-state index < -0.39 is 0 Å². The van der Waals surface area contributed by atoms with Gasteiger partial charge in [0.1, 0.15) is 0 Å². The minimum Gasteiger partial charge on any atom is -0.466 e. The quantitative estimate of drug-likeness (QED) is 0.235. The lowest BCUT2D eigenvalue weighted by Crippen LogP contribution is -2.47. The van der Waals surface area contributed by atoms with Gasteiger partial charge < -0.3 is 19.7 Å². The molecule has 0 spiro atoms. The van der Waals surface area contributed by atoms with Gasteiger partial charge in [0.05, 0.1) is 12.5 Å². The molecule has 124 valence electrons. The van der Waals surface area contributed by atoms with E-state index in [1.54, 1.807) is 14.2 Å². The fraction of sp³-hybridized carbons (Fsp3) is 0.857. The molecule has 0 saturated carbocycles. The van der Waals surface area contributed by atoms with E-state index in [0.717, 1.165) is 51.5 Å². The van der Waals surface area contributed by atoms with Gasteiger partial charge in [0, 0.05) is 40.4 Å². The van der Waals surface area contributed by atoms with Crippen molar-refractivity contribution < 1.29 is 14.3 Å². The molecule has 7 heteroatoms. The second-order valence-electron chi connectivity index (χ2n) is 4.83. The number of hydrogen-bond donors (Lipinski definition) is 1. The van der Waals surface area contributed by atoms with Crippen LogP contribution in [0.2, 0.25) is 0 Å². The predicted octanol–water partition coefficient (Wildman–Crippen LogP) is 1.49. The number of rotatable bonds is 6. The molecular formula is C14H28IN3O3. The second kappa shape index (κ2) is 12.0. The summed E-state index contributed by atoms with van der Waals surface area (Å²) in [5, 5.41) is 3.32. The van der Waals surface area contributed by atoms with E-state index >= 15 is 0 Å². The van der Waals surface area contributed by atoms with Gasteiger partial charge in [-0.15, -0.1) is 24.0 Å². The molecule has 1 fully saturated rings. The Labute approximate surface area is 144 Å². The van der Waals surface area contributed by atoms with Gasteiger partial charge >= 0.3 is 5.97 Å². The number of carbonyl (C=O) groups excluding carboxylic acids is 1. The van der Waals surface area contributed by atoms with E-state index in [4.69, 9.17) is 9.47 Å². The van der Waals surface area contributed by atoms with Crippen LogP contribution in [0, 0.1) is 5.92 Å². The summed E-state index contributed by atoms with van der Waals surface area (Å²) in [4.78, 5) is 18.2. The third kappa shape index (κ3) is 7.30. The lowest BCUT2D eigenvalue weighted by atomic mass is 9.97. The molecule has 0 aromatic heterocycles. The summed E-state index contributed by atoms with van der Waals surface area (Å²) in [6, 6.07) is 0. The molecule has 0 atom stereocenters. The third-order valence-electron chi connectivity index (χ3n) is 3.43. The smallest absolute Gasteiger partial charge is 0.309 e. The van der Waals surface area contributed by atoms with Crippen molar-refractivity contribution in [3.8, 4) is 0 Å². The number of ether oxygens (including phenoxy) is 2. The highest BCUT2D eigenvalue weighted by Gasteiger charge is 2.27. The normalized spacial score (nSPS) is 16.3. The van der Waals surface area contributed by atoms with Crippen molar-refractivity contribution in [1.29, 1.82) is 0 Å². The number of piperidine rings is 1. The second-order valence-corrected chi connectivity index (χ2v) is 4.83. The topological polar surface area (TPSA) is 63.2 Å². The Morgan fingerprint density at radius 3 is 2.57 bits per heavy atom. The molecule has 0 aliphatic carbocycles. The monoisotopic (exact) mass is 413 g/mol. The number of guanidine groups is 1. The number of methoxy groups -OCH3 is 1. The highest BCUT2D eigenvalue weighted by Crippen LogP contribution is 2.18. The summed E-state index contributed by atoms with van der Waals surface area (Å²) < 4.78 is 10.1. The van der Waals surface area contributed by atoms with Crippen molar-refractivity contribution >= 4 is 35.9 Å². The molecule has 1 N–H and O–H groups in total. The summed E-state index contributed by atoms with van der Waals surface area (Å²) in [7, 11) is 3.49. The standard InChI is InChI=1S/C14H27N3O3.HI/c1-4-20-13(18)12-6-9-17(10-7-12)14(15-2)16-8-5-11-19-3;/h12H,4-11H2,1-3H3,(H,15,16);1H. The van der Waals surface area contributed by atoms with Crippen LogP contribution in [-0.4, -0.2) is 63.8 Å². The number of hydrogen-bond acceptors (Lipinski definition) is 4. The van der Waals surface area contributed by atoms with Gasteiger partial charge in [0.25, 0.3) is 0 Å². The van der Waals surface area contributed by atoms with Gasteiger partial charge in [0.15, 0.2) is 5.96 Å². The summed E-state index contributed by atoms with van der Waals surface area (Å²) >= 11 is 0. The zero-order chi connectivity index (χ0) is 14.8. The van der Waals surface area contributed by atoms with Crippen molar-refractivity contribution in [3.63, 3.8) is 0 Å². The molecule has 0 radical (unpaired) electrons. The van der Waals surface area contributed by atoms with E-state index in [-0.39, 0.29) is 35.9 Å². The maximum absolute atomic E-state index is 11.7. The Bertz CT molecular complexity index is 319. The van der Waals surface area contributed by atoms with Crippen molar-refractivity contribution in [1.82, 2.24) is 10.2 Å². The van der Waals surface area contributed by atoms with E-state index in [1.807, 2.05) is 6.92 Å². The number of carbonyl (C=O) groups is 1. The molecule has 0 bridgehead atoms. The maximum atomic E-state index is 11.7. The number of esters is 1. The molecular weight excluding hydrogens is 385 g/mol. The van der Waals surface area contributed by atoms with Crippen LogP contribution in [0.1, 0.15) is 26.2 Å². The maximum Gasteiger partial charge on any atom is 0.309 e. The van der Waals surface area contributed by atoms with Crippen LogP contribution < -0.4 is 5.32 Å². The van der Waals surface area contributed by atoms with E-state index in [2.05, 4.69) is 15.2 Å². The van der Waals surface area contributed by atoms with Gasteiger partial charge in [-0.05, 0) is 26.2 Å². The first-order valence-electron chi connectivity index (χ1n) is 7.34. The molecule has 0 amide bonds. The molecule has 6 nitrogen and oxygen atoms in total. The van der Waals surface area contributed by atoms with Gasteiger partial charge in [-0.2, -0.15) is 0 Å². The van der Waals surface area contributed by atoms with Crippen molar-refractivity contribution in [2.24, 2.45) is 10.9 Å². The Hall–Kier alpha value is -0.570. The first kappa shape index (κ1) is 20.4. The SMILES string of the molecule is CCOC(=O)C1CCN(C(=NC)NCCCOC)CC1.I. The fourth-order valence-corrected chi connectivity index (χ4v) is 2.34. The van der Waals surface area contributed by atoms with Gasteiger partial charge in [-0.1, -0.05) is 0 Å². The molecule has 1 rings (SSSR count). The first-order valence-corrected chi connectivity index (χ1v) is 7.34. The number of halogens is 1. The number of nitrogens with zero attached hydrogens (tertiary/aromatic N) is 2. The summed E-state index contributed by atoms with van der Waals surface area (Å²) in [6.07, 6.45) is 2.62. The Morgan fingerprint density at radius 2 is 2.05 bits per heavy atom. The highest BCUT2D eigenvalue weighted by molar-refractivity contribution is 14.0. The van der Waals surface area contributed by atoms with Crippen LogP contribution in [0.15, 0.2) is 4.99 Å². The van der Waals surface area contributed by atoms with Crippen LogP contribution in [0.5, 0.6) is 0 Å². The van der Waals surface area contributed by atoms with Crippen molar-refractivity contribution in [2.45, 2.75) is 26.2 Å². The Morgan fingerprint density at radius 1 is 1.38 bits per heavy atom. The third-order valence-corrected chi connectivity index (χ3v) is 3.43. The minimum absolute atomic E-state index is 0. The van der Waals surface area contributed by atoms with E-state index in [1.165, 1.54) is 0 Å². The molecule has 0 unspecified atom stereocenters. The largest absolute Gasteiger partial charge is 0.466 e. The Balaban J connectivity index is 0.00000400. The van der Waals surface area contributed by atoms with Gasteiger partial charge in [0.2, 0.25) is 0 Å². The summed E-state index contributed by atoms with van der Waals surface area (Å²) in [5.41, 5.74) is 0. The zero-order valence-corrected chi connectivity index (χ0v) is 15.6. The average molecular weight is 413 g/mol.